The summed E-state index contributed by atoms with van der Waals surface area (Å²) in [6.07, 6.45) is 3.20. The van der Waals surface area contributed by atoms with Crippen LogP contribution < -0.4 is 15.2 Å². The lowest BCUT2D eigenvalue weighted by Crippen LogP contribution is -2.57. The molecule has 2 unspecified atom stereocenters. The minimum absolute atomic E-state index is 0.138. The van der Waals surface area contributed by atoms with Crippen molar-refractivity contribution in [3.05, 3.63) is 28.7 Å². The van der Waals surface area contributed by atoms with Crippen LogP contribution in [-0.4, -0.2) is 42.0 Å². The predicted molar refractivity (Wildman–Crippen MR) is 79.0 cm³/mol. The Morgan fingerprint density at radius 3 is 2.71 bits per heavy atom. The van der Waals surface area contributed by atoms with Crippen molar-refractivity contribution in [2.45, 2.75) is 18.6 Å². The second-order valence-corrected chi connectivity index (χ2v) is 5.69. The molecule has 3 saturated heterocycles. The summed E-state index contributed by atoms with van der Waals surface area (Å²) in [4.78, 5) is 18.3. The number of fused-ring (bicyclic) bond motifs is 3. The highest BCUT2D eigenvalue weighted by Gasteiger charge is 2.38. The van der Waals surface area contributed by atoms with E-state index in [1.54, 1.807) is 18.7 Å². The number of methoxy groups -OCH3 is 1. The molecule has 0 aliphatic carbocycles. The van der Waals surface area contributed by atoms with Crippen LogP contribution in [0.3, 0.4) is 0 Å². The lowest BCUT2D eigenvalue weighted by atomic mass is 9.98. The van der Waals surface area contributed by atoms with Crippen LogP contribution in [0.15, 0.2) is 23.1 Å². The second kappa shape index (κ2) is 4.46. The highest BCUT2D eigenvalue weighted by atomic mass is 16.5. The van der Waals surface area contributed by atoms with Crippen molar-refractivity contribution in [3.63, 3.8) is 0 Å². The molecule has 0 saturated carbocycles. The van der Waals surface area contributed by atoms with Gasteiger partial charge in [-0.25, -0.2) is 4.98 Å². The highest BCUT2D eigenvalue weighted by molar-refractivity contribution is 5.85. The lowest BCUT2D eigenvalue weighted by Gasteiger charge is -2.48. The number of piperidine rings is 1. The molecule has 3 aliphatic rings. The first-order chi connectivity index (χ1) is 10.2. The Balaban J connectivity index is 1.84. The van der Waals surface area contributed by atoms with E-state index in [0.717, 1.165) is 36.2 Å². The molecule has 0 N–H and O–H groups in total. The molecular weight excluding hydrogens is 270 g/mol. The van der Waals surface area contributed by atoms with Gasteiger partial charge in [0, 0.05) is 38.3 Å². The van der Waals surface area contributed by atoms with Crippen LogP contribution in [0.5, 0.6) is 5.75 Å². The molecule has 4 heterocycles. The standard InChI is InChI=1S/C15H17N3O3/c1-17-14(19)6-16-12-3-9(4-13(20-2)15(12)17)18-7-10-5-11(8-18)21-10/h3-4,6,10-11H,5,7-8H2,1-2H3. The monoisotopic (exact) mass is 287 g/mol. The van der Waals surface area contributed by atoms with Gasteiger partial charge in [-0.05, 0) is 6.07 Å². The molecule has 1 aromatic heterocycles. The summed E-state index contributed by atoms with van der Waals surface area (Å²) in [5.74, 6) is 0.676. The van der Waals surface area contributed by atoms with Gasteiger partial charge in [0.25, 0.3) is 5.56 Å². The van der Waals surface area contributed by atoms with Crippen LogP contribution >= 0.6 is 0 Å². The van der Waals surface area contributed by atoms with Gasteiger partial charge < -0.3 is 18.9 Å². The van der Waals surface area contributed by atoms with Crippen molar-refractivity contribution < 1.29 is 9.47 Å². The fraction of sp³-hybridized carbons (Fsp3) is 0.467. The smallest absolute Gasteiger partial charge is 0.269 e. The average Bonchev–Trinajstić information content (AvgIpc) is 2.49. The Hall–Kier alpha value is -2.08. The molecule has 3 aliphatic heterocycles. The van der Waals surface area contributed by atoms with Gasteiger partial charge in [-0.2, -0.15) is 0 Å². The van der Waals surface area contributed by atoms with Crippen LogP contribution in [0.4, 0.5) is 5.69 Å². The minimum Gasteiger partial charge on any atom is -0.494 e. The van der Waals surface area contributed by atoms with E-state index in [2.05, 4.69) is 9.88 Å². The maximum Gasteiger partial charge on any atom is 0.269 e. The Labute approximate surface area is 121 Å². The van der Waals surface area contributed by atoms with E-state index >= 15 is 0 Å². The van der Waals surface area contributed by atoms with Crippen LogP contribution in [0.2, 0.25) is 0 Å². The average molecular weight is 287 g/mol. The number of anilines is 1. The lowest BCUT2D eigenvalue weighted by molar-refractivity contribution is -0.133. The van der Waals surface area contributed by atoms with Gasteiger partial charge >= 0.3 is 0 Å². The molecule has 2 atom stereocenters. The zero-order valence-corrected chi connectivity index (χ0v) is 12.1. The molecule has 0 spiro atoms. The molecular formula is C15H17N3O3. The summed E-state index contributed by atoms with van der Waals surface area (Å²) in [6.45, 7) is 1.80. The summed E-state index contributed by atoms with van der Waals surface area (Å²) in [5, 5.41) is 0. The van der Waals surface area contributed by atoms with Crippen LogP contribution in [0.25, 0.3) is 11.0 Å². The van der Waals surface area contributed by atoms with E-state index in [0.29, 0.717) is 18.0 Å². The molecule has 6 nitrogen and oxygen atoms in total. The van der Waals surface area contributed by atoms with Crippen LogP contribution in [0, 0.1) is 0 Å². The summed E-state index contributed by atoms with van der Waals surface area (Å²) >= 11 is 0. The summed E-state index contributed by atoms with van der Waals surface area (Å²) in [5.41, 5.74) is 2.43. The van der Waals surface area contributed by atoms with Crippen molar-refractivity contribution in [2.24, 2.45) is 7.05 Å². The Morgan fingerprint density at radius 2 is 2.05 bits per heavy atom. The number of aryl methyl sites for hydroxylation is 1. The summed E-state index contributed by atoms with van der Waals surface area (Å²) < 4.78 is 12.7. The highest BCUT2D eigenvalue weighted by Crippen LogP contribution is 2.35. The van der Waals surface area contributed by atoms with Crippen molar-refractivity contribution >= 4 is 16.7 Å². The normalized spacial score (nSPS) is 24.0. The van der Waals surface area contributed by atoms with Crippen molar-refractivity contribution in [2.75, 3.05) is 25.1 Å². The van der Waals surface area contributed by atoms with E-state index in [4.69, 9.17) is 9.47 Å². The van der Waals surface area contributed by atoms with E-state index in [-0.39, 0.29) is 5.56 Å². The molecule has 6 heteroatoms. The zero-order valence-electron chi connectivity index (χ0n) is 12.1. The zero-order chi connectivity index (χ0) is 14.6. The summed E-state index contributed by atoms with van der Waals surface area (Å²) in [7, 11) is 3.35. The van der Waals surface area contributed by atoms with Crippen LogP contribution in [0.1, 0.15) is 6.42 Å². The van der Waals surface area contributed by atoms with Crippen LogP contribution in [-0.2, 0) is 11.8 Å². The van der Waals surface area contributed by atoms with Gasteiger partial charge in [0.1, 0.15) is 11.3 Å². The Morgan fingerprint density at radius 1 is 1.33 bits per heavy atom. The maximum absolute atomic E-state index is 11.8. The Kier molecular flexibility index (Phi) is 2.68. The molecule has 3 fully saturated rings. The van der Waals surface area contributed by atoms with Gasteiger partial charge in [0.2, 0.25) is 0 Å². The van der Waals surface area contributed by atoms with Crippen molar-refractivity contribution in [1.82, 2.24) is 9.55 Å². The predicted octanol–water partition coefficient (Wildman–Crippen LogP) is 0.920. The van der Waals surface area contributed by atoms with E-state index in [9.17, 15) is 4.79 Å². The first-order valence-corrected chi connectivity index (χ1v) is 7.10. The van der Waals surface area contributed by atoms with Gasteiger partial charge in [0.15, 0.2) is 0 Å². The first-order valence-electron chi connectivity index (χ1n) is 7.10. The third-order valence-corrected chi connectivity index (χ3v) is 4.36. The van der Waals surface area contributed by atoms with Gasteiger partial charge in [-0.15, -0.1) is 0 Å². The molecule has 110 valence electrons. The SMILES string of the molecule is COc1cc(N2CC3CC(C2)O3)cc2ncc(=O)n(C)c12. The number of morpholine rings is 1. The molecule has 0 amide bonds. The number of nitrogens with zero attached hydrogens (tertiary/aromatic N) is 3. The third kappa shape index (κ3) is 1.90. The minimum atomic E-state index is -0.138. The number of aromatic nitrogens is 2. The number of benzene rings is 1. The van der Waals surface area contributed by atoms with Gasteiger partial charge in [-0.3, -0.25) is 4.79 Å². The molecule has 2 aromatic rings. The number of hydrogen-bond acceptors (Lipinski definition) is 5. The number of rotatable bonds is 2. The number of ether oxygens (including phenoxy) is 2. The topological polar surface area (TPSA) is 56.6 Å². The van der Waals surface area contributed by atoms with Crippen molar-refractivity contribution in [3.8, 4) is 5.75 Å². The fourth-order valence-corrected chi connectivity index (χ4v) is 3.24. The van der Waals surface area contributed by atoms with Gasteiger partial charge in [0.05, 0.1) is 31.0 Å². The fourth-order valence-electron chi connectivity index (χ4n) is 3.24. The largest absolute Gasteiger partial charge is 0.494 e. The molecule has 2 bridgehead atoms. The second-order valence-electron chi connectivity index (χ2n) is 5.69. The molecule has 1 aromatic carbocycles. The first kappa shape index (κ1) is 12.6. The molecule has 5 rings (SSSR count). The summed E-state index contributed by atoms with van der Waals surface area (Å²) in [6, 6.07) is 4.00. The molecule has 0 radical (unpaired) electrons. The van der Waals surface area contributed by atoms with E-state index < -0.39 is 0 Å². The van der Waals surface area contributed by atoms with E-state index in [1.807, 2.05) is 12.1 Å². The van der Waals surface area contributed by atoms with Gasteiger partial charge in [-0.1, -0.05) is 0 Å². The third-order valence-electron chi connectivity index (χ3n) is 4.36. The Bertz CT molecular complexity index is 755. The quantitative estimate of drug-likeness (QED) is 0.822. The maximum atomic E-state index is 11.8. The molecule has 21 heavy (non-hydrogen) atoms. The number of hydrogen-bond donors (Lipinski definition) is 0. The van der Waals surface area contributed by atoms with Crippen molar-refractivity contribution in [1.29, 1.82) is 0 Å². The van der Waals surface area contributed by atoms with E-state index in [1.165, 1.54) is 6.20 Å².